The molecule has 0 fully saturated rings. The molecule has 0 aliphatic carbocycles. The monoisotopic (exact) mass is 257 g/mol. The maximum Gasteiger partial charge on any atom is 0.259 e. The van der Waals surface area contributed by atoms with Gasteiger partial charge in [-0.1, -0.05) is 12.1 Å². The second-order valence-electron chi connectivity index (χ2n) is 4.04. The highest BCUT2D eigenvalue weighted by Crippen LogP contribution is 2.25. The van der Waals surface area contributed by atoms with Crippen molar-refractivity contribution in [3.05, 3.63) is 47.7 Å². The van der Waals surface area contributed by atoms with Gasteiger partial charge in [0.05, 0.1) is 18.4 Å². The molecule has 5 nitrogen and oxygen atoms in total. The minimum absolute atomic E-state index is 0.307. The van der Waals surface area contributed by atoms with E-state index in [9.17, 15) is 4.79 Å². The highest BCUT2D eigenvalue weighted by Gasteiger charge is 2.14. The van der Waals surface area contributed by atoms with Crippen molar-refractivity contribution in [1.82, 2.24) is 4.98 Å². The van der Waals surface area contributed by atoms with Gasteiger partial charge in [0.2, 0.25) is 0 Å². The Morgan fingerprint density at radius 3 is 2.79 bits per heavy atom. The Kier molecular flexibility index (Phi) is 3.66. The number of rotatable bonds is 3. The fourth-order valence-corrected chi connectivity index (χ4v) is 1.71. The van der Waals surface area contributed by atoms with E-state index in [0.29, 0.717) is 22.8 Å². The van der Waals surface area contributed by atoms with E-state index in [4.69, 9.17) is 10.5 Å². The topological polar surface area (TPSA) is 77.2 Å². The number of anilines is 2. The lowest BCUT2D eigenvalue weighted by Gasteiger charge is -2.11. The molecule has 0 atom stereocenters. The Hall–Kier alpha value is -2.56. The third kappa shape index (κ3) is 2.65. The lowest BCUT2D eigenvalue weighted by Crippen LogP contribution is -2.16. The van der Waals surface area contributed by atoms with Crippen LogP contribution in [-0.2, 0) is 0 Å². The maximum absolute atomic E-state index is 12.2. The minimum Gasteiger partial charge on any atom is -0.495 e. The van der Waals surface area contributed by atoms with Crippen molar-refractivity contribution in [2.75, 3.05) is 18.2 Å². The molecule has 0 aliphatic rings. The number of hydrogen-bond acceptors (Lipinski definition) is 4. The van der Waals surface area contributed by atoms with Gasteiger partial charge in [-0.2, -0.15) is 0 Å². The number of carbonyl (C=O) groups is 1. The van der Waals surface area contributed by atoms with E-state index in [1.807, 2.05) is 19.1 Å². The van der Waals surface area contributed by atoms with Crippen molar-refractivity contribution in [3.8, 4) is 5.75 Å². The molecule has 5 heteroatoms. The number of aromatic nitrogens is 1. The molecule has 0 radical (unpaired) electrons. The van der Waals surface area contributed by atoms with E-state index in [2.05, 4.69) is 10.3 Å². The zero-order valence-corrected chi connectivity index (χ0v) is 10.8. The summed E-state index contributed by atoms with van der Waals surface area (Å²) >= 11 is 0. The maximum atomic E-state index is 12.2. The molecule has 1 aromatic carbocycles. The molecule has 1 amide bonds. The number of aryl methyl sites for hydroxylation is 1. The number of nitrogen functional groups attached to an aromatic ring is 1. The van der Waals surface area contributed by atoms with E-state index in [-0.39, 0.29) is 5.91 Å². The molecule has 0 saturated carbocycles. The Labute approximate surface area is 111 Å². The number of hydrogen-bond donors (Lipinski definition) is 2. The number of benzene rings is 1. The lowest BCUT2D eigenvalue weighted by molar-refractivity contribution is 0.102. The van der Waals surface area contributed by atoms with Crippen molar-refractivity contribution < 1.29 is 9.53 Å². The van der Waals surface area contributed by atoms with Crippen molar-refractivity contribution in [2.45, 2.75) is 6.92 Å². The number of methoxy groups -OCH3 is 1. The van der Waals surface area contributed by atoms with Gasteiger partial charge in [0.15, 0.2) is 0 Å². The van der Waals surface area contributed by atoms with Crippen LogP contribution in [0.2, 0.25) is 0 Å². The first kappa shape index (κ1) is 12.9. The Morgan fingerprint density at radius 1 is 1.32 bits per heavy atom. The molecule has 0 spiro atoms. The summed E-state index contributed by atoms with van der Waals surface area (Å²) in [4.78, 5) is 16.3. The SMILES string of the molecule is COc1cccc(C(=O)Nc2ncccc2C)c1N. The van der Waals surface area contributed by atoms with Gasteiger partial charge >= 0.3 is 0 Å². The van der Waals surface area contributed by atoms with Crippen LogP contribution in [-0.4, -0.2) is 18.0 Å². The van der Waals surface area contributed by atoms with Gasteiger partial charge in [0.25, 0.3) is 5.91 Å². The zero-order valence-electron chi connectivity index (χ0n) is 10.8. The van der Waals surface area contributed by atoms with E-state index in [1.165, 1.54) is 7.11 Å². The first-order valence-corrected chi connectivity index (χ1v) is 5.79. The molecule has 98 valence electrons. The highest BCUT2D eigenvalue weighted by atomic mass is 16.5. The van der Waals surface area contributed by atoms with Crippen LogP contribution in [0, 0.1) is 6.92 Å². The molecule has 2 rings (SSSR count). The smallest absolute Gasteiger partial charge is 0.259 e. The molecule has 0 aliphatic heterocycles. The molecule has 3 N–H and O–H groups in total. The molecule has 0 saturated heterocycles. The molecule has 1 aromatic heterocycles. The van der Waals surface area contributed by atoms with Crippen LogP contribution in [0.3, 0.4) is 0 Å². The predicted octanol–water partition coefficient (Wildman–Crippen LogP) is 2.23. The summed E-state index contributed by atoms with van der Waals surface area (Å²) in [6, 6.07) is 8.75. The van der Waals surface area contributed by atoms with E-state index < -0.39 is 0 Å². The van der Waals surface area contributed by atoms with Crippen LogP contribution >= 0.6 is 0 Å². The van der Waals surface area contributed by atoms with Gasteiger partial charge in [-0.25, -0.2) is 4.98 Å². The quantitative estimate of drug-likeness (QED) is 0.827. The lowest BCUT2D eigenvalue weighted by atomic mass is 10.1. The van der Waals surface area contributed by atoms with Gasteiger partial charge in [-0.3, -0.25) is 4.79 Å². The van der Waals surface area contributed by atoms with Crippen LogP contribution in [0.15, 0.2) is 36.5 Å². The van der Waals surface area contributed by atoms with Crippen LogP contribution in [0.25, 0.3) is 0 Å². The van der Waals surface area contributed by atoms with Crippen molar-refractivity contribution >= 4 is 17.4 Å². The Bertz CT molecular complexity index is 611. The van der Waals surface area contributed by atoms with Crippen molar-refractivity contribution in [2.24, 2.45) is 0 Å². The summed E-state index contributed by atoms with van der Waals surface area (Å²) in [5, 5.41) is 2.73. The predicted molar refractivity (Wildman–Crippen MR) is 74.3 cm³/mol. The van der Waals surface area contributed by atoms with Gasteiger partial charge in [-0.15, -0.1) is 0 Å². The Balaban J connectivity index is 2.28. The zero-order chi connectivity index (χ0) is 13.8. The highest BCUT2D eigenvalue weighted by molar-refractivity contribution is 6.08. The standard InChI is InChI=1S/C14H15N3O2/c1-9-5-4-8-16-13(9)17-14(18)10-6-3-7-11(19-2)12(10)15/h3-8H,15H2,1-2H3,(H,16,17,18). The minimum atomic E-state index is -0.307. The van der Waals surface area contributed by atoms with Gasteiger partial charge in [-0.05, 0) is 30.7 Å². The first-order chi connectivity index (χ1) is 9.13. The first-order valence-electron chi connectivity index (χ1n) is 5.79. The summed E-state index contributed by atoms with van der Waals surface area (Å²) in [7, 11) is 1.51. The van der Waals surface area contributed by atoms with Crippen LogP contribution < -0.4 is 15.8 Å². The van der Waals surface area contributed by atoms with E-state index >= 15 is 0 Å². The fourth-order valence-electron chi connectivity index (χ4n) is 1.71. The number of amides is 1. The molecular formula is C14H15N3O2. The second-order valence-corrected chi connectivity index (χ2v) is 4.04. The van der Waals surface area contributed by atoms with Gasteiger partial charge in [0.1, 0.15) is 11.6 Å². The third-order valence-electron chi connectivity index (χ3n) is 2.77. The molecule has 1 heterocycles. The molecular weight excluding hydrogens is 242 g/mol. The summed E-state index contributed by atoms with van der Waals surface area (Å²) in [5.41, 5.74) is 7.45. The molecule has 0 unspecified atom stereocenters. The number of carbonyl (C=O) groups excluding carboxylic acids is 1. The van der Waals surface area contributed by atoms with Gasteiger partial charge < -0.3 is 15.8 Å². The van der Waals surface area contributed by atoms with Crippen LogP contribution in [0.4, 0.5) is 11.5 Å². The summed E-state index contributed by atoms with van der Waals surface area (Å²) in [5.74, 6) is 0.693. The Morgan fingerprint density at radius 2 is 2.11 bits per heavy atom. The summed E-state index contributed by atoms with van der Waals surface area (Å²) < 4.78 is 5.09. The number of para-hydroxylation sites is 1. The van der Waals surface area contributed by atoms with Gasteiger partial charge in [0, 0.05) is 6.20 Å². The normalized spacial score (nSPS) is 10.0. The summed E-state index contributed by atoms with van der Waals surface area (Å²) in [6.45, 7) is 1.87. The largest absolute Gasteiger partial charge is 0.495 e. The van der Waals surface area contributed by atoms with Crippen LogP contribution in [0.5, 0.6) is 5.75 Å². The number of nitrogens with two attached hydrogens (primary N) is 1. The number of nitrogens with one attached hydrogen (secondary N) is 1. The van der Waals surface area contributed by atoms with E-state index in [1.54, 1.807) is 24.4 Å². The average Bonchev–Trinajstić information content (AvgIpc) is 2.41. The number of nitrogens with zero attached hydrogens (tertiary/aromatic N) is 1. The third-order valence-corrected chi connectivity index (χ3v) is 2.77. The number of pyridine rings is 1. The van der Waals surface area contributed by atoms with E-state index in [0.717, 1.165) is 5.56 Å². The number of ether oxygens (including phenoxy) is 1. The average molecular weight is 257 g/mol. The second kappa shape index (κ2) is 5.39. The molecule has 2 aromatic rings. The molecule has 0 bridgehead atoms. The van der Waals surface area contributed by atoms with Crippen LogP contribution in [0.1, 0.15) is 15.9 Å². The molecule has 19 heavy (non-hydrogen) atoms. The summed E-state index contributed by atoms with van der Waals surface area (Å²) in [6.07, 6.45) is 1.62. The van der Waals surface area contributed by atoms with Crippen molar-refractivity contribution in [1.29, 1.82) is 0 Å². The fraction of sp³-hybridized carbons (Fsp3) is 0.143. The van der Waals surface area contributed by atoms with Crippen molar-refractivity contribution in [3.63, 3.8) is 0 Å².